The summed E-state index contributed by atoms with van der Waals surface area (Å²) in [6, 6.07) is 0. The number of anilines is 1. The molecule has 2 aromatic rings. The fourth-order valence-corrected chi connectivity index (χ4v) is 3.06. The van der Waals surface area contributed by atoms with Gasteiger partial charge in [-0.15, -0.1) is 0 Å². The zero-order valence-electron chi connectivity index (χ0n) is 11.9. The molecule has 0 bridgehead atoms. The molecule has 106 valence electrons. The van der Waals surface area contributed by atoms with Crippen LogP contribution in [0.4, 0.5) is 5.82 Å². The van der Waals surface area contributed by atoms with Crippen molar-refractivity contribution in [3.05, 3.63) is 22.1 Å². The first kappa shape index (κ1) is 13.5. The quantitative estimate of drug-likeness (QED) is 0.932. The van der Waals surface area contributed by atoms with Gasteiger partial charge in [0.25, 0.3) is 0 Å². The Morgan fingerprint density at radius 1 is 1.40 bits per heavy atom. The van der Waals surface area contributed by atoms with Gasteiger partial charge in [-0.2, -0.15) is 5.10 Å². The highest BCUT2D eigenvalue weighted by Gasteiger charge is 2.30. The Morgan fingerprint density at radius 2 is 2.15 bits per heavy atom. The maximum atomic E-state index is 4.78. The van der Waals surface area contributed by atoms with Crippen molar-refractivity contribution >= 4 is 21.7 Å². The Hall–Kier alpha value is -1.43. The molecule has 2 aromatic heterocycles. The molecule has 1 fully saturated rings. The number of nitrogens with one attached hydrogen (secondary N) is 1. The molecule has 0 spiro atoms. The first-order valence-electron chi connectivity index (χ1n) is 6.92. The minimum atomic E-state index is 0.569. The molecule has 0 saturated heterocycles. The van der Waals surface area contributed by atoms with Crippen LogP contribution in [0.2, 0.25) is 0 Å². The van der Waals surface area contributed by atoms with E-state index in [1.165, 1.54) is 12.8 Å². The summed E-state index contributed by atoms with van der Waals surface area (Å²) in [4.78, 5) is 9.42. The van der Waals surface area contributed by atoms with Crippen LogP contribution >= 0.6 is 15.9 Å². The second kappa shape index (κ2) is 5.16. The van der Waals surface area contributed by atoms with Gasteiger partial charge in [-0.25, -0.2) is 9.97 Å². The summed E-state index contributed by atoms with van der Waals surface area (Å²) in [6.07, 6.45) is 5.30. The first-order chi connectivity index (χ1) is 9.63. The Balaban J connectivity index is 2.15. The molecule has 0 aromatic carbocycles. The Labute approximate surface area is 127 Å². The van der Waals surface area contributed by atoms with Gasteiger partial charge in [0.15, 0.2) is 5.82 Å². The van der Waals surface area contributed by atoms with Crippen LogP contribution in [0.15, 0.2) is 10.7 Å². The van der Waals surface area contributed by atoms with Crippen molar-refractivity contribution in [1.82, 2.24) is 19.7 Å². The SMILES string of the molecule is CCc1nn(C)cc1-c1nc(NC)c(Br)c(C2CC2)n1. The fourth-order valence-electron chi connectivity index (χ4n) is 2.36. The van der Waals surface area contributed by atoms with Crippen molar-refractivity contribution in [3.63, 3.8) is 0 Å². The van der Waals surface area contributed by atoms with E-state index in [-0.39, 0.29) is 0 Å². The van der Waals surface area contributed by atoms with E-state index >= 15 is 0 Å². The number of halogens is 1. The van der Waals surface area contributed by atoms with E-state index in [0.717, 1.165) is 39.5 Å². The van der Waals surface area contributed by atoms with E-state index in [9.17, 15) is 0 Å². The molecule has 0 atom stereocenters. The van der Waals surface area contributed by atoms with Gasteiger partial charge in [-0.05, 0) is 35.2 Å². The first-order valence-corrected chi connectivity index (χ1v) is 7.71. The van der Waals surface area contributed by atoms with Crippen LogP contribution in [0.3, 0.4) is 0 Å². The minimum Gasteiger partial charge on any atom is -0.372 e. The van der Waals surface area contributed by atoms with Crippen LogP contribution in [-0.4, -0.2) is 26.8 Å². The molecule has 0 aliphatic heterocycles. The van der Waals surface area contributed by atoms with Crippen LogP contribution in [0.5, 0.6) is 0 Å². The second-order valence-corrected chi connectivity index (χ2v) is 5.93. The largest absolute Gasteiger partial charge is 0.372 e. The van der Waals surface area contributed by atoms with Crippen LogP contribution in [-0.2, 0) is 13.5 Å². The third-order valence-electron chi connectivity index (χ3n) is 3.56. The number of aryl methyl sites for hydroxylation is 2. The summed E-state index contributed by atoms with van der Waals surface area (Å²) in [5.41, 5.74) is 3.18. The lowest BCUT2D eigenvalue weighted by atomic mass is 10.2. The number of rotatable bonds is 4. The van der Waals surface area contributed by atoms with E-state index in [1.54, 1.807) is 0 Å². The molecule has 1 aliphatic rings. The van der Waals surface area contributed by atoms with Crippen LogP contribution in [0.1, 0.15) is 37.1 Å². The lowest BCUT2D eigenvalue weighted by molar-refractivity contribution is 0.746. The summed E-state index contributed by atoms with van der Waals surface area (Å²) in [7, 11) is 3.82. The van der Waals surface area contributed by atoms with Gasteiger partial charge >= 0.3 is 0 Å². The van der Waals surface area contributed by atoms with Crippen LogP contribution in [0.25, 0.3) is 11.4 Å². The molecule has 3 rings (SSSR count). The normalized spacial score (nSPS) is 14.6. The topological polar surface area (TPSA) is 55.6 Å². The van der Waals surface area contributed by atoms with Gasteiger partial charge in [-0.3, -0.25) is 4.68 Å². The molecule has 0 amide bonds. The van der Waals surface area contributed by atoms with Crippen molar-refractivity contribution in [2.45, 2.75) is 32.1 Å². The van der Waals surface area contributed by atoms with Gasteiger partial charge in [0, 0.05) is 26.2 Å². The highest BCUT2D eigenvalue weighted by molar-refractivity contribution is 9.10. The molecule has 1 saturated carbocycles. The lowest BCUT2D eigenvalue weighted by Crippen LogP contribution is -2.03. The number of nitrogens with zero attached hydrogens (tertiary/aromatic N) is 4. The smallest absolute Gasteiger partial charge is 0.165 e. The highest BCUT2D eigenvalue weighted by Crippen LogP contribution is 2.44. The predicted octanol–water partition coefficient (Wildman–Crippen LogP) is 3.12. The molecule has 1 aliphatic carbocycles. The zero-order chi connectivity index (χ0) is 14.3. The van der Waals surface area contributed by atoms with Gasteiger partial charge in [0.1, 0.15) is 5.82 Å². The molecule has 0 unspecified atom stereocenters. The van der Waals surface area contributed by atoms with E-state index in [2.05, 4.69) is 38.3 Å². The second-order valence-electron chi connectivity index (χ2n) is 5.14. The molecular formula is C14H18BrN5. The Morgan fingerprint density at radius 3 is 2.75 bits per heavy atom. The third-order valence-corrected chi connectivity index (χ3v) is 4.34. The minimum absolute atomic E-state index is 0.569. The van der Waals surface area contributed by atoms with Crippen LogP contribution in [0, 0.1) is 0 Å². The molecule has 20 heavy (non-hydrogen) atoms. The standard InChI is InChI=1S/C14H18BrN5/c1-4-10-9(7-20(3)19-10)13-17-12(8-5-6-8)11(15)14(16-2)18-13/h7-8H,4-6H2,1-3H3,(H,16,17,18). The van der Waals surface area contributed by atoms with Gasteiger partial charge in [-0.1, -0.05) is 6.92 Å². The van der Waals surface area contributed by atoms with Crippen molar-refractivity contribution in [2.24, 2.45) is 7.05 Å². The zero-order valence-corrected chi connectivity index (χ0v) is 13.5. The maximum Gasteiger partial charge on any atom is 0.165 e. The van der Waals surface area contributed by atoms with Crippen molar-refractivity contribution in [1.29, 1.82) is 0 Å². The average Bonchev–Trinajstić information content (AvgIpc) is 3.21. The van der Waals surface area contributed by atoms with E-state index < -0.39 is 0 Å². The number of hydrogen-bond acceptors (Lipinski definition) is 4. The van der Waals surface area contributed by atoms with Crippen molar-refractivity contribution in [3.8, 4) is 11.4 Å². The molecule has 6 heteroatoms. The molecule has 2 heterocycles. The molecule has 1 N–H and O–H groups in total. The summed E-state index contributed by atoms with van der Waals surface area (Å²) >= 11 is 3.62. The summed E-state index contributed by atoms with van der Waals surface area (Å²) in [5, 5.41) is 7.63. The summed E-state index contributed by atoms with van der Waals surface area (Å²) < 4.78 is 2.82. The summed E-state index contributed by atoms with van der Waals surface area (Å²) in [6.45, 7) is 2.10. The van der Waals surface area contributed by atoms with Crippen molar-refractivity contribution in [2.75, 3.05) is 12.4 Å². The van der Waals surface area contributed by atoms with E-state index in [4.69, 9.17) is 4.98 Å². The van der Waals surface area contributed by atoms with Gasteiger partial charge < -0.3 is 5.32 Å². The number of aromatic nitrogens is 4. The number of hydrogen-bond donors (Lipinski definition) is 1. The molecule has 0 radical (unpaired) electrons. The highest BCUT2D eigenvalue weighted by atomic mass is 79.9. The maximum absolute atomic E-state index is 4.78. The lowest BCUT2D eigenvalue weighted by Gasteiger charge is -2.10. The Bertz CT molecular complexity index is 645. The monoisotopic (exact) mass is 335 g/mol. The van der Waals surface area contributed by atoms with E-state index in [0.29, 0.717) is 5.92 Å². The molecular weight excluding hydrogens is 318 g/mol. The summed E-state index contributed by atoms with van der Waals surface area (Å²) in [5.74, 6) is 2.19. The fraction of sp³-hybridized carbons (Fsp3) is 0.500. The molecule has 5 nitrogen and oxygen atoms in total. The third kappa shape index (κ3) is 2.32. The van der Waals surface area contributed by atoms with Gasteiger partial charge in [0.2, 0.25) is 0 Å². The Kier molecular flexibility index (Phi) is 3.50. The van der Waals surface area contributed by atoms with Gasteiger partial charge in [0.05, 0.1) is 21.4 Å². The van der Waals surface area contributed by atoms with E-state index in [1.807, 2.05) is 25.0 Å². The van der Waals surface area contributed by atoms with Crippen LogP contribution < -0.4 is 5.32 Å². The predicted molar refractivity (Wildman–Crippen MR) is 82.8 cm³/mol. The average molecular weight is 336 g/mol. The van der Waals surface area contributed by atoms with Crippen molar-refractivity contribution < 1.29 is 0 Å².